The van der Waals surface area contributed by atoms with Crippen molar-refractivity contribution in [1.82, 2.24) is 15.5 Å². The van der Waals surface area contributed by atoms with Gasteiger partial charge in [0.2, 0.25) is 0 Å². The van der Waals surface area contributed by atoms with Gasteiger partial charge in [0.05, 0.1) is 6.54 Å². The van der Waals surface area contributed by atoms with Crippen molar-refractivity contribution in [2.24, 2.45) is 4.99 Å². The van der Waals surface area contributed by atoms with E-state index < -0.39 is 0 Å². The Morgan fingerprint density at radius 2 is 2.00 bits per heavy atom. The summed E-state index contributed by atoms with van der Waals surface area (Å²) in [5.74, 6) is 0.611. The number of hydrogen-bond acceptors (Lipinski definition) is 2. The largest absolute Gasteiger partial charge is 0.357 e. The molecule has 1 saturated heterocycles. The van der Waals surface area contributed by atoms with Gasteiger partial charge in [0, 0.05) is 25.7 Å². The number of likely N-dealkylation sites (tertiary alicyclic amines) is 1. The summed E-state index contributed by atoms with van der Waals surface area (Å²) < 4.78 is 12.9. The van der Waals surface area contributed by atoms with E-state index in [2.05, 4.69) is 34.4 Å². The van der Waals surface area contributed by atoms with Gasteiger partial charge in [-0.15, -0.1) is 24.0 Å². The SMILES string of the molecule is CCNC(=NCc1ccc(F)cc1)NCCN1CCCCC1C.I. The third-order valence-corrected chi connectivity index (χ3v) is 4.31. The van der Waals surface area contributed by atoms with Gasteiger partial charge in [0.25, 0.3) is 0 Å². The summed E-state index contributed by atoms with van der Waals surface area (Å²) in [6.45, 7) is 8.88. The summed E-state index contributed by atoms with van der Waals surface area (Å²) in [7, 11) is 0. The van der Waals surface area contributed by atoms with Crippen molar-refractivity contribution in [3.05, 3.63) is 35.6 Å². The zero-order valence-electron chi connectivity index (χ0n) is 14.7. The number of rotatable bonds is 6. The Balaban J connectivity index is 0.00000288. The topological polar surface area (TPSA) is 39.7 Å². The number of benzene rings is 1. The van der Waals surface area contributed by atoms with E-state index in [0.29, 0.717) is 12.6 Å². The molecule has 4 nitrogen and oxygen atoms in total. The summed E-state index contributed by atoms with van der Waals surface area (Å²) in [4.78, 5) is 7.11. The predicted molar refractivity (Wildman–Crippen MR) is 110 cm³/mol. The molecule has 0 saturated carbocycles. The van der Waals surface area contributed by atoms with Crippen molar-refractivity contribution >= 4 is 29.9 Å². The Morgan fingerprint density at radius 3 is 2.67 bits per heavy atom. The molecule has 0 aliphatic carbocycles. The first-order valence-corrected chi connectivity index (χ1v) is 8.69. The van der Waals surface area contributed by atoms with E-state index >= 15 is 0 Å². The highest BCUT2D eigenvalue weighted by atomic mass is 127. The Hall–Kier alpha value is -0.890. The first-order valence-electron chi connectivity index (χ1n) is 8.69. The lowest BCUT2D eigenvalue weighted by Crippen LogP contribution is -2.45. The summed E-state index contributed by atoms with van der Waals surface area (Å²) in [5.41, 5.74) is 1.01. The number of halogens is 2. The minimum atomic E-state index is -0.210. The molecule has 1 aromatic carbocycles. The first-order chi connectivity index (χ1) is 11.2. The van der Waals surface area contributed by atoms with Crippen LogP contribution in [0.5, 0.6) is 0 Å². The number of hydrogen-bond donors (Lipinski definition) is 2. The Labute approximate surface area is 162 Å². The van der Waals surface area contributed by atoms with E-state index in [1.807, 2.05) is 0 Å². The van der Waals surface area contributed by atoms with Gasteiger partial charge in [-0.1, -0.05) is 18.6 Å². The molecule has 1 aromatic rings. The van der Waals surface area contributed by atoms with Gasteiger partial charge >= 0.3 is 0 Å². The predicted octanol–water partition coefficient (Wildman–Crippen LogP) is 3.37. The van der Waals surface area contributed by atoms with Gasteiger partial charge in [-0.3, -0.25) is 4.90 Å². The van der Waals surface area contributed by atoms with Crippen LogP contribution in [0.15, 0.2) is 29.3 Å². The number of piperidine rings is 1. The molecule has 0 spiro atoms. The molecule has 1 aliphatic heterocycles. The van der Waals surface area contributed by atoms with E-state index in [-0.39, 0.29) is 29.8 Å². The van der Waals surface area contributed by atoms with Gasteiger partial charge in [-0.05, 0) is 50.9 Å². The summed E-state index contributed by atoms with van der Waals surface area (Å²) >= 11 is 0. The van der Waals surface area contributed by atoms with Crippen LogP contribution in [0.3, 0.4) is 0 Å². The van der Waals surface area contributed by atoms with Crippen molar-refractivity contribution in [3.8, 4) is 0 Å². The van der Waals surface area contributed by atoms with Gasteiger partial charge < -0.3 is 10.6 Å². The molecular formula is C18H30FIN4. The second kappa shape index (κ2) is 11.6. The summed E-state index contributed by atoms with van der Waals surface area (Å²) in [5, 5.41) is 6.65. The van der Waals surface area contributed by atoms with E-state index in [4.69, 9.17) is 0 Å². The highest BCUT2D eigenvalue weighted by Crippen LogP contribution is 2.15. The van der Waals surface area contributed by atoms with Crippen LogP contribution in [0.2, 0.25) is 0 Å². The molecule has 1 atom stereocenters. The van der Waals surface area contributed by atoms with Crippen LogP contribution in [0.1, 0.15) is 38.7 Å². The quantitative estimate of drug-likeness (QED) is 0.398. The average Bonchev–Trinajstić information content (AvgIpc) is 2.56. The van der Waals surface area contributed by atoms with Crippen molar-refractivity contribution in [1.29, 1.82) is 0 Å². The molecular weight excluding hydrogens is 418 g/mol. The van der Waals surface area contributed by atoms with Crippen molar-refractivity contribution in [3.63, 3.8) is 0 Å². The molecule has 0 amide bonds. The highest BCUT2D eigenvalue weighted by Gasteiger charge is 2.17. The minimum Gasteiger partial charge on any atom is -0.357 e. The molecule has 0 radical (unpaired) electrons. The van der Waals surface area contributed by atoms with Crippen molar-refractivity contribution < 1.29 is 4.39 Å². The maximum atomic E-state index is 12.9. The monoisotopic (exact) mass is 448 g/mol. The third kappa shape index (κ3) is 7.34. The minimum absolute atomic E-state index is 0. The fraction of sp³-hybridized carbons (Fsp3) is 0.611. The second-order valence-corrected chi connectivity index (χ2v) is 6.13. The van der Waals surface area contributed by atoms with E-state index in [9.17, 15) is 4.39 Å². The normalized spacial score (nSPS) is 18.8. The van der Waals surface area contributed by atoms with E-state index in [0.717, 1.165) is 31.2 Å². The fourth-order valence-corrected chi connectivity index (χ4v) is 2.91. The molecule has 1 aliphatic rings. The molecule has 2 N–H and O–H groups in total. The van der Waals surface area contributed by atoms with Crippen LogP contribution in [-0.2, 0) is 6.54 Å². The third-order valence-electron chi connectivity index (χ3n) is 4.31. The average molecular weight is 448 g/mol. The van der Waals surface area contributed by atoms with Crippen LogP contribution >= 0.6 is 24.0 Å². The number of nitrogens with one attached hydrogen (secondary N) is 2. The van der Waals surface area contributed by atoms with Crippen LogP contribution in [0.25, 0.3) is 0 Å². The molecule has 0 aromatic heterocycles. The van der Waals surface area contributed by atoms with Gasteiger partial charge in [-0.2, -0.15) is 0 Å². The molecule has 2 rings (SSSR count). The molecule has 1 heterocycles. The van der Waals surface area contributed by atoms with E-state index in [1.54, 1.807) is 12.1 Å². The molecule has 1 unspecified atom stereocenters. The maximum Gasteiger partial charge on any atom is 0.191 e. The zero-order valence-corrected chi connectivity index (χ0v) is 17.1. The van der Waals surface area contributed by atoms with E-state index in [1.165, 1.54) is 37.9 Å². The van der Waals surface area contributed by atoms with Crippen molar-refractivity contribution in [2.75, 3.05) is 26.2 Å². The van der Waals surface area contributed by atoms with Gasteiger partial charge in [0.15, 0.2) is 5.96 Å². The number of guanidine groups is 1. The Bertz CT molecular complexity index is 492. The van der Waals surface area contributed by atoms with Crippen LogP contribution in [0.4, 0.5) is 4.39 Å². The standard InChI is InChI=1S/C18H29FN4.HI/c1-3-20-18(22-14-16-7-9-17(19)10-8-16)21-11-13-23-12-5-4-6-15(23)2;/h7-10,15H,3-6,11-14H2,1-2H3,(H2,20,21,22);1H. The highest BCUT2D eigenvalue weighted by molar-refractivity contribution is 14.0. The lowest BCUT2D eigenvalue weighted by atomic mass is 10.0. The fourth-order valence-electron chi connectivity index (χ4n) is 2.91. The van der Waals surface area contributed by atoms with Gasteiger partial charge in [-0.25, -0.2) is 9.38 Å². The summed E-state index contributed by atoms with van der Waals surface area (Å²) in [6.07, 6.45) is 3.97. The molecule has 0 bridgehead atoms. The Kier molecular flexibility index (Phi) is 10.2. The van der Waals surface area contributed by atoms with Crippen LogP contribution < -0.4 is 10.6 Å². The second-order valence-electron chi connectivity index (χ2n) is 6.13. The van der Waals surface area contributed by atoms with Crippen LogP contribution in [0, 0.1) is 5.82 Å². The van der Waals surface area contributed by atoms with Crippen LogP contribution in [-0.4, -0.2) is 43.1 Å². The Morgan fingerprint density at radius 1 is 1.25 bits per heavy atom. The maximum absolute atomic E-state index is 12.9. The smallest absolute Gasteiger partial charge is 0.191 e. The lowest BCUT2D eigenvalue weighted by Gasteiger charge is -2.33. The molecule has 24 heavy (non-hydrogen) atoms. The molecule has 6 heteroatoms. The van der Waals surface area contributed by atoms with Crippen molar-refractivity contribution in [2.45, 2.75) is 45.7 Å². The summed E-state index contributed by atoms with van der Waals surface area (Å²) in [6, 6.07) is 7.19. The number of aliphatic imine (C=N–C) groups is 1. The molecule has 1 fully saturated rings. The lowest BCUT2D eigenvalue weighted by molar-refractivity contribution is 0.163. The number of nitrogens with zero attached hydrogens (tertiary/aromatic N) is 2. The zero-order chi connectivity index (χ0) is 16.5. The van der Waals surface area contributed by atoms with Gasteiger partial charge in [0.1, 0.15) is 5.82 Å². The molecule has 136 valence electrons. The first kappa shape index (κ1) is 21.2.